The number of nitrogens with zero attached hydrogens (tertiary/aromatic N) is 2. The van der Waals surface area contributed by atoms with Gasteiger partial charge in [-0.05, 0) is 24.2 Å². The Balaban J connectivity index is 2.53. The number of ketones is 2. The number of carbonyl (C=O) groups is 2. The Labute approximate surface area is 88.3 Å². The van der Waals surface area contributed by atoms with Crippen molar-refractivity contribution >= 4 is 17.8 Å². The van der Waals surface area contributed by atoms with Gasteiger partial charge in [-0.3, -0.25) is 9.59 Å². The van der Waals surface area contributed by atoms with Crippen molar-refractivity contribution < 1.29 is 14.4 Å². The number of rotatable bonds is 2. The van der Waals surface area contributed by atoms with E-state index in [0.29, 0.717) is 18.8 Å². The molecule has 0 heterocycles. The van der Waals surface area contributed by atoms with Crippen LogP contribution < -0.4 is 0 Å². The monoisotopic (exact) mass is 206 g/mol. The third kappa shape index (κ3) is 0.975. The zero-order chi connectivity index (χ0) is 11.3. The summed E-state index contributed by atoms with van der Waals surface area (Å²) in [6.45, 7) is 3.94. The number of hydrogen-bond donors (Lipinski definition) is 0. The van der Waals surface area contributed by atoms with Crippen LogP contribution in [0.4, 0.5) is 0 Å². The van der Waals surface area contributed by atoms with Crippen molar-refractivity contribution in [2.24, 2.45) is 16.7 Å². The van der Waals surface area contributed by atoms with Crippen LogP contribution in [0.2, 0.25) is 0 Å². The van der Waals surface area contributed by atoms with Crippen LogP contribution in [0.15, 0.2) is 0 Å². The first-order valence-corrected chi connectivity index (χ1v) is 5.22. The molecule has 0 aromatic heterocycles. The van der Waals surface area contributed by atoms with Crippen LogP contribution in [0.25, 0.3) is 5.53 Å². The fraction of sp³-hybridized carbons (Fsp3) is 0.727. The van der Waals surface area contributed by atoms with Gasteiger partial charge in [0.1, 0.15) is 11.2 Å². The molecule has 2 fully saturated rings. The predicted molar refractivity (Wildman–Crippen MR) is 53.3 cm³/mol. The zero-order valence-corrected chi connectivity index (χ0v) is 8.99. The first kappa shape index (κ1) is 10.2. The highest BCUT2D eigenvalue weighted by atomic mass is 16.2. The van der Waals surface area contributed by atoms with Crippen LogP contribution in [0.5, 0.6) is 0 Å². The molecule has 0 aromatic carbocycles. The minimum Gasteiger partial charge on any atom is -0.361 e. The van der Waals surface area contributed by atoms with Gasteiger partial charge in [0.2, 0.25) is 5.78 Å². The standard InChI is InChI=1S/C11H14N2O2/c1-10(2)7-3-4-11(10,8(14)5-7)9(15)6-13-12/h6-7H,3-5H2,1-2H3/t7-,11+/m1/s1. The van der Waals surface area contributed by atoms with Gasteiger partial charge >= 0.3 is 6.21 Å². The topological polar surface area (TPSA) is 70.5 Å². The quantitative estimate of drug-likeness (QED) is 0.295. The summed E-state index contributed by atoms with van der Waals surface area (Å²) in [4.78, 5) is 26.6. The van der Waals surface area contributed by atoms with E-state index in [0.717, 1.165) is 12.6 Å². The molecule has 2 atom stereocenters. The molecule has 2 saturated carbocycles. The highest BCUT2D eigenvalue weighted by molar-refractivity contribution is 6.34. The molecule has 2 aliphatic rings. The summed E-state index contributed by atoms with van der Waals surface area (Å²) in [5, 5.41) is 0. The molecule has 2 aliphatic carbocycles. The molecule has 0 amide bonds. The fourth-order valence-corrected chi connectivity index (χ4v) is 3.42. The average Bonchev–Trinajstić information content (AvgIpc) is 2.51. The highest BCUT2D eigenvalue weighted by Gasteiger charge is 2.68. The Kier molecular flexibility index (Phi) is 1.95. The van der Waals surface area contributed by atoms with Crippen molar-refractivity contribution in [3.63, 3.8) is 0 Å². The highest BCUT2D eigenvalue weighted by Crippen LogP contribution is 2.63. The second-order valence-corrected chi connectivity index (χ2v) is 5.10. The molecule has 80 valence electrons. The summed E-state index contributed by atoms with van der Waals surface area (Å²) in [6.07, 6.45) is 2.91. The molecule has 2 bridgehead atoms. The van der Waals surface area contributed by atoms with Gasteiger partial charge in [0.05, 0.1) is 0 Å². The van der Waals surface area contributed by atoms with E-state index < -0.39 is 5.41 Å². The Morgan fingerprint density at radius 3 is 2.67 bits per heavy atom. The van der Waals surface area contributed by atoms with Gasteiger partial charge in [0, 0.05) is 6.42 Å². The summed E-state index contributed by atoms with van der Waals surface area (Å²) >= 11 is 0. The number of Topliss-reactive ketones (excluding diaryl/α,β-unsaturated/α-hetero) is 2. The van der Waals surface area contributed by atoms with Crippen molar-refractivity contribution in [3.05, 3.63) is 5.53 Å². The first-order valence-electron chi connectivity index (χ1n) is 5.22. The molecule has 0 spiro atoms. The summed E-state index contributed by atoms with van der Waals surface area (Å²) in [5.41, 5.74) is 7.21. The minimum absolute atomic E-state index is 0.0219. The van der Waals surface area contributed by atoms with Crippen LogP contribution >= 0.6 is 0 Å². The number of fused-ring (bicyclic) bond motifs is 2. The molecule has 0 unspecified atom stereocenters. The van der Waals surface area contributed by atoms with Gasteiger partial charge in [-0.25, -0.2) is 0 Å². The number of hydrogen-bond acceptors (Lipinski definition) is 2. The number of carbonyl (C=O) groups excluding carboxylic acids is 2. The van der Waals surface area contributed by atoms with Crippen molar-refractivity contribution in [2.45, 2.75) is 33.1 Å². The molecule has 0 aliphatic heterocycles. The average molecular weight is 206 g/mol. The normalized spacial score (nSPS) is 36.4. The van der Waals surface area contributed by atoms with Crippen LogP contribution in [-0.4, -0.2) is 22.6 Å². The maximum absolute atomic E-state index is 11.9. The molecule has 2 rings (SSSR count). The molecule has 4 heteroatoms. The third-order valence-corrected chi connectivity index (χ3v) is 4.49. The summed E-state index contributed by atoms with van der Waals surface area (Å²) in [6, 6.07) is 0. The first-order chi connectivity index (χ1) is 6.96. The lowest BCUT2D eigenvalue weighted by atomic mass is 9.66. The summed E-state index contributed by atoms with van der Waals surface area (Å²) in [5.74, 6) is -0.00491. The largest absolute Gasteiger partial charge is 0.361 e. The predicted octanol–water partition coefficient (Wildman–Crippen LogP) is 1.25. The second-order valence-electron chi connectivity index (χ2n) is 5.10. The van der Waals surface area contributed by atoms with Gasteiger partial charge < -0.3 is 5.53 Å². The zero-order valence-electron chi connectivity index (χ0n) is 8.99. The van der Waals surface area contributed by atoms with E-state index in [-0.39, 0.29) is 17.0 Å². The van der Waals surface area contributed by atoms with E-state index in [1.807, 2.05) is 13.8 Å². The molecule has 0 saturated heterocycles. The van der Waals surface area contributed by atoms with Gasteiger partial charge in [-0.1, -0.05) is 13.8 Å². The molecular formula is C11H14N2O2. The Hall–Kier alpha value is -1.28. The van der Waals surface area contributed by atoms with Gasteiger partial charge in [0.25, 0.3) is 0 Å². The van der Waals surface area contributed by atoms with E-state index in [2.05, 4.69) is 4.79 Å². The lowest BCUT2D eigenvalue weighted by Crippen LogP contribution is -2.44. The maximum atomic E-state index is 11.9. The molecule has 0 radical (unpaired) electrons. The van der Waals surface area contributed by atoms with Gasteiger partial charge in [-0.2, -0.15) is 4.79 Å². The lowest BCUT2D eigenvalue weighted by Gasteiger charge is -2.32. The van der Waals surface area contributed by atoms with E-state index in [9.17, 15) is 9.59 Å². The van der Waals surface area contributed by atoms with Crippen molar-refractivity contribution in [1.29, 1.82) is 0 Å². The van der Waals surface area contributed by atoms with E-state index in [1.54, 1.807) is 0 Å². The van der Waals surface area contributed by atoms with E-state index in [1.165, 1.54) is 0 Å². The van der Waals surface area contributed by atoms with E-state index >= 15 is 0 Å². The smallest absolute Gasteiger partial charge is 0.324 e. The van der Waals surface area contributed by atoms with Crippen LogP contribution in [0, 0.1) is 16.7 Å². The Morgan fingerprint density at radius 1 is 1.60 bits per heavy atom. The van der Waals surface area contributed by atoms with Crippen molar-refractivity contribution in [3.8, 4) is 0 Å². The van der Waals surface area contributed by atoms with Gasteiger partial charge in [-0.15, -0.1) is 0 Å². The van der Waals surface area contributed by atoms with Crippen LogP contribution in [0.1, 0.15) is 33.1 Å². The second kappa shape index (κ2) is 2.86. The Bertz CT molecular complexity index is 393. The van der Waals surface area contributed by atoms with Crippen LogP contribution in [0.3, 0.4) is 0 Å². The fourth-order valence-electron chi connectivity index (χ4n) is 3.42. The summed E-state index contributed by atoms with van der Waals surface area (Å²) in [7, 11) is 0. The van der Waals surface area contributed by atoms with Crippen molar-refractivity contribution in [2.75, 3.05) is 0 Å². The summed E-state index contributed by atoms with van der Waals surface area (Å²) < 4.78 is 0. The SMILES string of the molecule is CC1(C)[C@@H]2CC[C@@]1(C(=O)C=[N+]=[N-])C(=O)C2. The minimum atomic E-state index is -0.913. The molecule has 15 heavy (non-hydrogen) atoms. The molecular weight excluding hydrogens is 192 g/mol. The Morgan fingerprint density at radius 2 is 2.27 bits per heavy atom. The third-order valence-electron chi connectivity index (χ3n) is 4.49. The van der Waals surface area contributed by atoms with E-state index in [4.69, 9.17) is 5.53 Å². The lowest BCUT2D eigenvalue weighted by molar-refractivity contribution is -0.140. The van der Waals surface area contributed by atoms with Gasteiger partial charge in [0.15, 0.2) is 0 Å². The molecule has 0 aromatic rings. The maximum Gasteiger partial charge on any atom is 0.324 e. The molecule has 4 nitrogen and oxygen atoms in total. The van der Waals surface area contributed by atoms with Crippen LogP contribution in [-0.2, 0) is 9.59 Å². The van der Waals surface area contributed by atoms with Crippen molar-refractivity contribution in [1.82, 2.24) is 0 Å². The molecule has 0 N–H and O–H groups in total.